The molecule has 188 valence electrons. The normalized spacial score (nSPS) is 14.8. The number of rotatable bonds is 7. The molecule has 0 aliphatic carbocycles. The molecule has 1 fully saturated rings. The molecule has 0 unspecified atom stereocenters. The van der Waals surface area contributed by atoms with Gasteiger partial charge in [0.15, 0.2) is 0 Å². The fraction of sp³-hybridized carbons (Fsp3) is 0.258. The van der Waals surface area contributed by atoms with Gasteiger partial charge in [-0.3, -0.25) is 14.3 Å². The van der Waals surface area contributed by atoms with Gasteiger partial charge in [0, 0.05) is 43.9 Å². The number of piperidine rings is 1. The number of hydrogen-bond donors (Lipinski definition) is 1. The lowest BCUT2D eigenvalue weighted by atomic mass is 9.72. The minimum absolute atomic E-state index is 0.00303. The smallest absolute Gasteiger partial charge is 0.231 e. The van der Waals surface area contributed by atoms with E-state index in [9.17, 15) is 9.59 Å². The van der Waals surface area contributed by atoms with Crippen LogP contribution in [0.25, 0.3) is 11.3 Å². The molecule has 6 heteroatoms. The molecular formula is C31H32N4O2. The minimum Gasteiger partial charge on any atom is -0.351 e. The van der Waals surface area contributed by atoms with E-state index in [4.69, 9.17) is 5.10 Å². The highest BCUT2D eigenvalue weighted by atomic mass is 16.2. The van der Waals surface area contributed by atoms with Gasteiger partial charge < -0.3 is 10.2 Å². The Bertz CT molecular complexity index is 1340. The first-order chi connectivity index (χ1) is 18.0. The summed E-state index contributed by atoms with van der Waals surface area (Å²) in [7, 11) is 0. The van der Waals surface area contributed by atoms with Gasteiger partial charge in [-0.2, -0.15) is 5.10 Å². The van der Waals surface area contributed by atoms with E-state index in [0.717, 1.165) is 22.4 Å². The van der Waals surface area contributed by atoms with Gasteiger partial charge in [0.2, 0.25) is 11.8 Å². The van der Waals surface area contributed by atoms with Crippen LogP contribution in [0, 0.1) is 0 Å². The minimum atomic E-state index is -0.667. The topological polar surface area (TPSA) is 67.2 Å². The molecule has 0 atom stereocenters. The van der Waals surface area contributed by atoms with Gasteiger partial charge in [-0.15, -0.1) is 0 Å². The number of likely N-dealkylation sites (tertiary alicyclic amines) is 1. The van der Waals surface area contributed by atoms with Gasteiger partial charge in [0.05, 0.1) is 17.7 Å². The fourth-order valence-electron chi connectivity index (χ4n) is 5.23. The third kappa shape index (κ3) is 5.33. The molecule has 0 saturated carbocycles. The van der Waals surface area contributed by atoms with Crippen LogP contribution >= 0.6 is 0 Å². The maximum absolute atomic E-state index is 13.9. The molecule has 0 radical (unpaired) electrons. The first-order valence-electron chi connectivity index (χ1n) is 12.8. The van der Waals surface area contributed by atoms with Crippen molar-refractivity contribution in [3.05, 3.63) is 114 Å². The van der Waals surface area contributed by atoms with Crippen molar-refractivity contribution < 1.29 is 9.59 Å². The zero-order chi connectivity index (χ0) is 25.7. The van der Waals surface area contributed by atoms with E-state index in [1.165, 1.54) is 5.56 Å². The first kappa shape index (κ1) is 24.5. The van der Waals surface area contributed by atoms with Gasteiger partial charge in [-0.1, -0.05) is 91.0 Å². The molecule has 1 aliphatic heterocycles. The molecular weight excluding hydrogens is 460 g/mol. The Morgan fingerprint density at radius 2 is 1.46 bits per heavy atom. The third-order valence-corrected chi connectivity index (χ3v) is 7.33. The lowest BCUT2D eigenvalue weighted by Crippen LogP contribution is -2.52. The number of hydrogen-bond acceptors (Lipinski definition) is 3. The van der Waals surface area contributed by atoms with E-state index in [1.807, 2.05) is 94.6 Å². The summed E-state index contributed by atoms with van der Waals surface area (Å²) in [6.07, 6.45) is 3.23. The molecule has 6 nitrogen and oxygen atoms in total. The molecule has 0 spiro atoms. The molecule has 3 aromatic carbocycles. The van der Waals surface area contributed by atoms with Crippen molar-refractivity contribution >= 4 is 11.8 Å². The van der Waals surface area contributed by atoms with Crippen LogP contribution < -0.4 is 5.32 Å². The number of carbonyl (C=O) groups is 2. The van der Waals surface area contributed by atoms with Crippen molar-refractivity contribution in [1.82, 2.24) is 20.0 Å². The Balaban J connectivity index is 1.40. The molecule has 1 saturated heterocycles. The van der Waals surface area contributed by atoms with E-state index in [2.05, 4.69) is 17.4 Å². The van der Waals surface area contributed by atoms with Gasteiger partial charge in [0.25, 0.3) is 0 Å². The summed E-state index contributed by atoms with van der Waals surface area (Å²) in [5, 5.41) is 8.14. The molecule has 5 rings (SSSR count). The molecule has 1 aromatic heterocycles. The van der Waals surface area contributed by atoms with Gasteiger partial charge in [-0.25, -0.2) is 0 Å². The van der Waals surface area contributed by atoms with Crippen LogP contribution in [-0.2, 0) is 28.1 Å². The standard InChI is InChI=1S/C31H32N4O2/c1-24(36)34-19-17-31(18-20-34,28-15-9-4-10-16-28)30(37)32-21-27-23-35(22-25-11-5-2-6-12-25)33-29(27)26-13-7-3-8-14-26/h2-16,23H,17-22H2,1H3,(H,32,37). The number of benzene rings is 3. The van der Waals surface area contributed by atoms with E-state index in [0.29, 0.717) is 39.0 Å². The van der Waals surface area contributed by atoms with Crippen LogP contribution in [0.1, 0.15) is 36.5 Å². The fourth-order valence-corrected chi connectivity index (χ4v) is 5.23. The van der Waals surface area contributed by atoms with Gasteiger partial charge >= 0.3 is 0 Å². The van der Waals surface area contributed by atoms with Crippen molar-refractivity contribution in [3.8, 4) is 11.3 Å². The van der Waals surface area contributed by atoms with E-state index >= 15 is 0 Å². The van der Waals surface area contributed by atoms with Crippen LogP contribution in [-0.4, -0.2) is 39.6 Å². The average molecular weight is 493 g/mol. The number of nitrogens with zero attached hydrogens (tertiary/aromatic N) is 3. The van der Waals surface area contributed by atoms with E-state index in [-0.39, 0.29) is 11.8 Å². The van der Waals surface area contributed by atoms with Crippen LogP contribution in [0.2, 0.25) is 0 Å². The second-order valence-electron chi connectivity index (χ2n) is 9.69. The van der Waals surface area contributed by atoms with Crippen LogP contribution in [0.15, 0.2) is 97.2 Å². The molecule has 1 aliphatic rings. The quantitative estimate of drug-likeness (QED) is 0.403. The summed E-state index contributed by atoms with van der Waals surface area (Å²) >= 11 is 0. The lowest BCUT2D eigenvalue weighted by Gasteiger charge is -2.40. The zero-order valence-electron chi connectivity index (χ0n) is 21.1. The maximum Gasteiger partial charge on any atom is 0.231 e. The lowest BCUT2D eigenvalue weighted by molar-refractivity contribution is -0.135. The molecule has 4 aromatic rings. The number of amides is 2. The van der Waals surface area contributed by atoms with Crippen LogP contribution in [0.4, 0.5) is 0 Å². The molecule has 2 amide bonds. The highest BCUT2D eigenvalue weighted by Gasteiger charge is 2.43. The SMILES string of the molecule is CC(=O)N1CCC(C(=O)NCc2cn(Cc3ccccc3)nc2-c2ccccc2)(c2ccccc2)CC1. The number of carbonyl (C=O) groups excluding carboxylic acids is 2. The Kier molecular flexibility index (Phi) is 7.17. The highest BCUT2D eigenvalue weighted by Crippen LogP contribution is 2.36. The molecule has 0 bridgehead atoms. The Morgan fingerprint density at radius 1 is 0.865 bits per heavy atom. The largest absolute Gasteiger partial charge is 0.351 e. The van der Waals surface area contributed by atoms with E-state index in [1.54, 1.807) is 6.92 Å². The van der Waals surface area contributed by atoms with Crippen molar-refractivity contribution in [2.75, 3.05) is 13.1 Å². The van der Waals surface area contributed by atoms with Crippen molar-refractivity contribution in [2.24, 2.45) is 0 Å². The monoisotopic (exact) mass is 492 g/mol. The van der Waals surface area contributed by atoms with Crippen molar-refractivity contribution in [3.63, 3.8) is 0 Å². The van der Waals surface area contributed by atoms with Crippen LogP contribution in [0.3, 0.4) is 0 Å². The zero-order valence-corrected chi connectivity index (χ0v) is 21.1. The Hall–Kier alpha value is -4.19. The predicted molar refractivity (Wildman–Crippen MR) is 145 cm³/mol. The predicted octanol–water partition coefficient (Wildman–Crippen LogP) is 4.79. The maximum atomic E-state index is 13.9. The first-order valence-corrected chi connectivity index (χ1v) is 12.8. The second-order valence-corrected chi connectivity index (χ2v) is 9.69. The second kappa shape index (κ2) is 10.8. The third-order valence-electron chi connectivity index (χ3n) is 7.33. The summed E-state index contributed by atoms with van der Waals surface area (Å²) in [5.74, 6) is 0.0529. The average Bonchev–Trinajstić information content (AvgIpc) is 3.35. The van der Waals surface area contributed by atoms with Gasteiger partial charge in [-0.05, 0) is 24.0 Å². The van der Waals surface area contributed by atoms with Gasteiger partial charge in [0.1, 0.15) is 0 Å². The Morgan fingerprint density at radius 3 is 2.08 bits per heavy atom. The molecule has 37 heavy (non-hydrogen) atoms. The summed E-state index contributed by atoms with van der Waals surface area (Å²) < 4.78 is 1.94. The number of nitrogens with one attached hydrogen (secondary N) is 1. The summed E-state index contributed by atoms with van der Waals surface area (Å²) in [4.78, 5) is 27.7. The summed E-state index contributed by atoms with van der Waals surface area (Å²) in [6, 6.07) is 30.3. The van der Waals surface area contributed by atoms with Crippen LogP contribution in [0.5, 0.6) is 0 Å². The molecule has 1 N–H and O–H groups in total. The Labute approximate surface area is 217 Å². The van der Waals surface area contributed by atoms with Crippen molar-refractivity contribution in [2.45, 2.75) is 38.3 Å². The summed E-state index contributed by atoms with van der Waals surface area (Å²) in [6.45, 7) is 3.77. The highest BCUT2D eigenvalue weighted by molar-refractivity contribution is 5.89. The van der Waals surface area contributed by atoms with E-state index < -0.39 is 5.41 Å². The summed E-state index contributed by atoms with van der Waals surface area (Å²) in [5.41, 5.74) is 4.36. The molecule has 2 heterocycles. The number of aromatic nitrogens is 2. The van der Waals surface area contributed by atoms with Crippen molar-refractivity contribution in [1.29, 1.82) is 0 Å².